The number of aromatic nitrogens is 2. The third kappa shape index (κ3) is 3.34. The molecule has 0 amide bonds. The van der Waals surface area contributed by atoms with Crippen molar-refractivity contribution in [1.29, 1.82) is 0 Å². The summed E-state index contributed by atoms with van der Waals surface area (Å²) in [6.07, 6.45) is 1.48. The highest BCUT2D eigenvalue weighted by molar-refractivity contribution is 6.32. The van der Waals surface area contributed by atoms with Gasteiger partial charge in [0.25, 0.3) is 0 Å². The molecule has 110 valence electrons. The van der Waals surface area contributed by atoms with E-state index >= 15 is 0 Å². The largest absolute Gasteiger partial charge is 0.382 e. The van der Waals surface area contributed by atoms with Gasteiger partial charge < -0.3 is 20.7 Å². The Kier molecular flexibility index (Phi) is 4.08. The van der Waals surface area contributed by atoms with Crippen molar-refractivity contribution in [1.82, 2.24) is 9.97 Å². The van der Waals surface area contributed by atoms with Gasteiger partial charge in [0.05, 0.1) is 19.4 Å². The van der Waals surface area contributed by atoms with E-state index in [1.165, 1.54) is 11.9 Å². The molecule has 6 nitrogen and oxygen atoms in total. The number of anilines is 4. The lowest BCUT2D eigenvalue weighted by Crippen LogP contribution is -2.36. The molecule has 0 saturated carbocycles. The molecule has 0 unspecified atom stereocenters. The average Bonchev–Trinajstić information content (AvgIpc) is 2.53. The van der Waals surface area contributed by atoms with Gasteiger partial charge in [-0.2, -0.15) is 4.98 Å². The predicted molar refractivity (Wildman–Crippen MR) is 84.2 cm³/mol. The minimum Gasteiger partial charge on any atom is -0.382 e. The van der Waals surface area contributed by atoms with E-state index in [0.717, 1.165) is 32.0 Å². The Balaban J connectivity index is 1.70. The maximum Gasteiger partial charge on any atom is 0.229 e. The summed E-state index contributed by atoms with van der Waals surface area (Å²) in [4.78, 5) is 10.5. The van der Waals surface area contributed by atoms with Gasteiger partial charge >= 0.3 is 0 Å². The third-order valence-corrected chi connectivity index (χ3v) is 3.56. The highest BCUT2D eigenvalue weighted by Gasteiger charge is 2.11. The molecule has 21 heavy (non-hydrogen) atoms. The number of nitrogens with two attached hydrogens (primary N) is 1. The Morgan fingerprint density at radius 3 is 2.57 bits per heavy atom. The van der Waals surface area contributed by atoms with Gasteiger partial charge in [0.15, 0.2) is 0 Å². The van der Waals surface area contributed by atoms with E-state index in [2.05, 4.69) is 32.3 Å². The number of halogens is 1. The number of benzene rings is 1. The summed E-state index contributed by atoms with van der Waals surface area (Å²) in [6.45, 7) is 3.39. The first-order valence-corrected chi connectivity index (χ1v) is 7.08. The summed E-state index contributed by atoms with van der Waals surface area (Å²) >= 11 is 5.80. The summed E-state index contributed by atoms with van der Waals surface area (Å²) < 4.78 is 5.35. The van der Waals surface area contributed by atoms with E-state index in [9.17, 15) is 0 Å². The molecule has 1 aliphatic heterocycles. The van der Waals surface area contributed by atoms with Crippen LogP contribution in [0, 0.1) is 0 Å². The SMILES string of the molecule is Nc1nc(Nc2ccc(N3CCOCC3)cc2)ncc1Cl. The van der Waals surface area contributed by atoms with E-state index in [-0.39, 0.29) is 5.82 Å². The zero-order chi connectivity index (χ0) is 14.7. The number of ether oxygens (including phenoxy) is 1. The Labute approximate surface area is 127 Å². The second-order valence-electron chi connectivity index (χ2n) is 4.70. The molecule has 1 saturated heterocycles. The van der Waals surface area contributed by atoms with E-state index in [0.29, 0.717) is 11.0 Å². The molecule has 0 atom stereocenters. The molecule has 1 aromatic carbocycles. The van der Waals surface area contributed by atoms with E-state index in [1.807, 2.05) is 12.1 Å². The topological polar surface area (TPSA) is 76.3 Å². The Morgan fingerprint density at radius 1 is 1.19 bits per heavy atom. The van der Waals surface area contributed by atoms with Crippen LogP contribution in [0.2, 0.25) is 5.02 Å². The molecule has 1 fully saturated rings. The lowest BCUT2D eigenvalue weighted by molar-refractivity contribution is 0.122. The van der Waals surface area contributed by atoms with Gasteiger partial charge in [-0.25, -0.2) is 4.98 Å². The first-order chi connectivity index (χ1) is 10.2. The van der Waals surface area contributed by atoms with Crippen molar-refractivity contribution in [3.05, 3.63) is 35.5 Å². The number of nitrogens with one attached hydrogen (secondary N) is 1. The number of hydrogen-bond acceptors (Lipinski definition) is 6. The average molecular weight is 306 g/mol. The molecule has 0 radical (unpaired) electrons. The van der Waals surface area contributed by atoms with E-state index in [1.54, 1.807) is 0 Å². The first-order valence-electron chi connectivity index (χ1n) is 6.70. The second kappa shape index (κ2) is 6.15. The standard InChI is InChI=1S/C14H16ClN5O/c15-12-9-17-14(19-13(12)16)18-10-1-3-11(4-2-10)20-5-7-21-8-6-20/h1-4,9H,5-8H2,(H3,16,17,18,19). The number of rotatable bonds is 3. The van der Waals surface area contributed by atoms with Crippen molar-refractivity contribution in [3.8, 4) is 0 Å². The van der Waals surface area contributed by atoms with Crippen molar-refractivity contribution in [2.24, 2.45) is 0 Å². The van der Waals surface area contributed by atoms with Crippen LogP contribution in [-0.2, 0) is 4.74 Å². The molecule has 2 aromatic rings. The minimum atomic E-state index is 0.263. The Hall–Kier alpha value is -2.05. The first kappa shape index (κ1) is 13.9. The molecular formula is C14H16ClN5O. The normalized spacial score (nSPS) is 15.0. The predicted octanol–water partition coefficient (Wildman–Crippen LogP) is 2.29. The van der Waals surface area contributed by atoms with Crippen molar-refractivity contribution < 1.29 is 4.74 Å². The van der Waals surface area contributed by atoms with Crippen LogP contribution in [0.5, 0.6) is 0 Å². The monoisotopic (exact) mass is 305 g/mol. The van der Waals surface area contributed by atoms with Crippen molar-refractivity contribution in [3.63, 3.8) is 0 Å². The smallest absolute Gasteiger partial charge is 0.229 e. The Bertz CT molecular complexity index is 613. The van der Waals surface area contributed by atoms with Crippen molar-refractivity contribution >= 4 is 34.7 Å². The highest BCUT2D eigenvalue weighted by atomic mass is 35.5. The molecule has 2 heterocycles. The third-order valence-electron chi connectivity index (χ3n) is 3.27. The van der Waals surface area contributed by atoms with Crippen molar-refractivity contribution in [2.45, 2.75) is 0 Å². The zero-order valence-electron chi connectivity index (χ0n) is 11.4. The molecule has 3 rings (SSSR count). The molecule has 1 aliphatic rings. The number of hydrogen-bond donors (Lipinski definition) is 2. The van der Waals surface area contributed by atoms with E-state index in [4.69, 9.17) is 22.1 Å². The molecule has 7 heteroatoms. The maximum atomic E-state index is 5.80. The summed E-state index contributed by atoms with van der Waals surface area (Å²) in [5.74, 6) is 0.690. The van der Waals surface area contributed by atoms with Crippen LogP contribution in [-0.4, -0.2) is 36.3 Å². The summed E-state index contributed by atoms with van der Waals surface area (Å²) in [7, 11) is 0. The number of morpholine rings is 1. The molecule has 0 bridgehead atoms. The molecule has 1 aromatic heterocycles. The van der Waals surface area contributed by atoms with Gasteiger partial charge in [-0.1, -0.05) is 11.6 Å². The van der Waals surface area contributed by atoms with E-state index < -0.39 is 0 Å². The van der Waals surface area contributed by atoms with Crippen molar-refractivity contribution in [2.75, 3.05) is 42.3 Å². The summed E-state index contributed by atoms with van der Waals surface area (Å²) in [6, 6.07) is 8.10. The van der Waals surface area contributed by atoms with Crippen LogP contribution in [0.4, 0.5) is 23.1 Å². The lowest BCUT2D eigenvalue weighted by Gasteiger charge is -2.28. The van der Waals surface area contributed by atoms with Crippen LogP contribution in [0.15, 0.2) is 30.5 Å². The van der Waals surface area contributed by atoms with Crippen LogP contribution in [0.1, 0.15) is 0 Å². The van der Waals surface area contributed by atoms with Crippen LogP contribution >= 0.6 is 11.6 Å². The van der Waals surface area contributed by atoms with Crippen LogP contribution in [0.3, 0.4) is 0 Å². The quantitative estimate of drug-likeness (QED) is 0.906. The summed E-state index contributed by atoms with van der Waals surface area (Å²) in [5.41, 5.74) is 7.73. The van der Waals surface area contributed by atoms with Crippen LogP contribution in [0.25, 0.3) is 0 Å². The molecule has 0 aliphatic carbocycles. The second-order valence-corrected chi connectivity index (χ2v) is 5.11. The fourth-order valence-electron chi connectivity index (χ4n) is 2.15. The number of nitrogens with zero attached hydrogens (tertiary/aromatic N) is 3. The Morgan fingerprint density at radius 2 is 1.90 bits per heavy atom. The van der Waals surface area contributed by atoms with Gasteiger partial charge in [-0.15, -0.1) is 0 Å². The van der Waals surface area contributed by atoms with Crippen LogP contribution < -0.4 is 16.0 Å². The fraction of sp³-hybridized carbons (Fsp3) is 0.286. The fourth-order valence-corrected chi connectivity index (χ4v) is 2.24. The summed E-state index contributed by atoms with van der Waals surface area (Å²) in [5, 5.41) is 3.45. The lowest BCUT2D eigenvalue weighted by atomic mass is 10.2. The highest BCUT2D eigenvalue weighted by Crippen LogP contribution is 2.22. The number of nitrogen functional groups attached to an aromatic ring is 1. The van der Waals surface area contributed by atoms with Gasteiger partial charge in [0.2, 0.25) is 5.95 Å². The maximum absolute atomic E-state index is 5.80. The zero-order valence-corrected chi connectivity index (χ0v) is 12.2. The molecule has 0 spiro atoms. The molecule has 3 N–H and O–H groups in total. The van der Waals surface area contributed by atoms with Gasteiger partial charge in [0.1, 0.15) is 10.8 Å². The van der Waals surface area contributed by atoms with Gasteiger partial charge in [-0.05, 0) is 24.3 Å². The minimum absolute atomic E-state index is 0.263. The van der Waals surface area contributed by atoms with Gasteiger partial charge in [-0.3, -0.25) is 0 Å². The van der Waals surface area contributed by atoms with Gasteiger partial charge in [0, 0.05) is 24.5 Å². The molecular weight excluding hydrogens is 290 g/mol.